The summed E-state index contributed by atoms with van der Waals surface area (Å²) in [6, 6.07) is 0. The number of carbonyl (C=O) groups is 1. The Hall–Kier alpha value is -0.260. The van der Waals surface area contributed by atoms with Gasteiger partial charge in [-0.25, -0.2) is 5.84 Å². The minimum Gasteiger partial charge on any atom is -0.379 e. The van der Waals surface area contributed by atoms with E-state index in [0.717, 1.165) is 13.2 Å². The third-order valence-electron chi connectivity index (χ3n) is 2.27. The summed E-state index contributed by atoms with van der Waals surface area (Å²) < 4.78 is 5.06. The second-order valence-electron chi connectivity index (χ2n) is 3.30. The van der Waals surface area contributed by atoms with Crippen molar-refractivity contribution in [2.45, 2.75) is 24.3 Å². The molecule has 1 heterocycles. The topological polar surface area (TPSA) is 64.3 Å². The molecule has 3 N–H and O–H groups in total. The van der Waals surface area contributed by atoms with Gasteiger partial charge in [0.25, 0.3) is 0 Å². The summed E-state index contributed by atoms with van der Waals surface area (Å²) in [5.41, 5.74) is 2.17. The summed E-state index contributed by atoms with van der Waals surface area (Å²) in [7, 11) is 0. The van der Waals surface area contributed by atoms with E-state index in [-0.39, 0.29) is 17.1 Å². The first-order valence-corrected chi connectivity index (χ1v) is 5.33. The number of amides is 1. The number of ether oxygens (including phenoxy) is 1. The molecule has 5 heteroatoms. The average Bonchev–Trinajstić information content (AvgIpc) is 2.08. The van der Waals surface area contributed by atoms with Gasteiger partial charge in [0.15, 0.2) is 0 Å². The Balaban J connectivity index is 2.27. The molecule has 2 unspecified atom stereocenters. The van der Waals surface area contributed by atoms with Crippen LogP contribution in [0.25, 0.3) is 0 Å². The Kier molecular flexibility index (Phi) is 4.02. The van der Waals surface area contributed by atoms with E-state index in [0.29, 0.717) is 5.25 Å². The average molecular weight is 204 g/mol. The molecule has 1 amide bonds. The quantitative estimate of drug-likeness (QED) is 0.388. The van der Waals surface area contributed by atoms with E-state index in [4.69, 9.17) is 10.6 Å². The molecule has 0 aromatic carbocycles. The largest absolute Gasteiger partial charge is 0.379 e. The first-order chi connectivity index (χ1) is 6.15. The third kappa shape index (κ3) is 2.86. The molecule has 1 rings (SSSR count). The highest BCUT2D eigenvalue weighted by Gasteiger charge is 2.26. The van der Waals surface area contributed by atoms with Crippen LogP contribution in [0.1, 0.15) is 13.8 Å². The van der Waals surface area contributed by atoms with E-state index in [1.165, 1.54) is 0 Å². The SMILES string of the molecule is CC(SC1COC1)C(C)C(=O)NN. The van der Waals surface area contributed by atoms with Crippen molar-refractivity contribution < 1.29 is 9.53 Å². The summed E-state index contributed by atoms with van der Waals surface area (Å²) in [6.45, 7) is 5.56. The lowest BCUT2D eigenvalue weighted by Crippen LogP contribution is -2.40. The van der Waals surface area contributed by atoms with Gasteiger partial charge in [0.2, 0.25) is 5.91 Å². The standard InChI is InChI=1S/C8H16N2O2S/c1-5(8(11)10-9)6(2)13-7-3-12-4-7/h5-7H,3-4,9H2,1-2H3,(H,10,11). The van der Waals surface area contributed by atoms with E-state index in [9.17, 15) is 4.79 Å². The summed E-state index contributed by atoms with van der Waals surface area (Å²) in [5, 5.41) is 0.848. The van der Waals surface area contributed by atoms with Gasteiger partial charge in [-0.2, -0.15) is 0 Å². The molecule has 2 atom stereocenters. The van der Waals surface area contributed by atoms with E-state index in [2.05, 4.69) is 5.43 Å². The summed E-state index contributed by atoms with van der Waals surface area (Å²) in [6.07, 6.45) is 0. The molecule has 0 saturated carbocycles. The maximum absolute atomic E-state index is 11.2. The molecule has 1 aliphatic heterocycles. The first-order valence-electron chi connectivity index (χ1n) is 4.38. The molecule has 1 saturated heterocycles. The second kappa shape index (κ2) is 4.83. The summed E-state index contributed by atoms with van der Waals surface area (Å²) in [4.78, 5) is 11.2. The number of rotatable bonds is 4. The fourth-order valence-corrected chi connectivity index (χ4v) is 2.37. The van der Waals surface area contributed by atoms with Crippen molar-refractivity contribution >= 4 is 17.7 Å². The van der Waals surface area contributed by atoms with Crippen LogP contribution in [0.3, 0.4) is 0 Å². The van der Waals surface area contributed by atoms with Crippen molar-refractivity contribution in [3.05, 3.63) is 0 Å². The molecule has 1 fully saturated rings. The van der Waals surface area contributed by atoms with E-state index in [1.54, 1.807) is 11.8 Å². The maximum atomic E-state index is 11.2. The van der Waals surface area contributed by atoms with Crippen LogP contribution in [-0.2, 0) is 9.53 Å². The van der Waals surface area contributed by atoms with Crippen LogP contribution >= 0.6 is 11.8 Å². The number of nitrogens with one attached hydrogen (secondary N) is 1. The smallest absolute Gasteiger partial charge is 0.237 e. The van der Waals surface area contributed by atoms with Crippen LogP contribution in [0.15, 0.2) is 0 Å². The zero-order chi connectivity index (χ0) is 9.84. The Morgan fingerprint density at radius 1 is 1.62 bits per heavy atom. The van der Waals surface area contributed by atoms with Crippen molar-refractivity contribution in [1.82, 2.24) is 5.43 Å². The highest BCUT2D eigenvalue weighted by Crippen LogP contribution is 2.28. The minimum absolute atomic E-state index is 0.0457. The zero-order valence-electron chi connectivity index (χ0n) is 7.95. The van der Waals surface area contributed by atoms with Gasteiger partial charge >= 0.3 is 0 Å². The molecule has 13 heavy (non-hydrogen) atoms. The summed E-state index contributed by atoms with van der Waals surface area (Å²) in [5.74, 6) is 4.91. The van der Waals surface area contributed by atoms with Gasteiger partial charge in [-0.3, -0.25) is 10.2 Å². The van der Waals surface area contributed by atoms with Gasteiger partial charge in [0.05, 0.1) is 18.5 Å². The molecule has 0 spiro atoms. The van der Waals surface area contributed by atoms with Crippen molar-refractivity contribution in [1.29, 1.82) is 0 Å². The van der Waals surface area contributed by atoms with E-state index >= 15 is 0 Å². The van der Waals surface area contributed by atoms with Crippen molar-refractivity contribution in [3.8, 4) is 0 Å². The Morgan fingerprint density at radius 2 is 2.23 bits per heavy atom. The molecule has 4 nitrogen and oxygen atoms in total. The number of hydrogen-bond donors (Lipinski definition) is 2. The van der Waals surface area contributed by atoms with Gasteiger partial charge < -0.3 is 4.74 Å². The Morgan fingerprint density at radius 3 is 2.62 bits per heavy atom. The van der Waals surface area contributed by atoms with Crippen LogP contribution < -0.4 is 11.3 Å². The second-order valence-corrected chi connectivity index (χ2v) is 4.98. The number of thioether (sulfide) groups is 1. The van der Waals surface area contributed by atoms with Gasteiger partial charge in [-0.15, -0.1) is 11.8 Å². The monoisotopic (exact) mass is 204 g/mol. The molecule has 0 aliphatic carbocycles. The van der Waals surface area contributed by atoms with Crippen molar-refractivity contribution in [2.75, 3.05) is 13.2 Å². The van der Waals surface area contributed by atoms with Gasteiger partial charge in [-0.1, -0.05) is 13.8 Å². The zero-order valence-corrected chi connectivity index (χ0v) is 8.76. The molecule has 76 valence electrons. The number of hydrazine groups is 1. The molecular weight excluding hydrogens is 188 g/mol. The Labute approximate surface area is 82.5 Å². The fourth-order valence-electron chi connectivity index (χ4n) is 1.06. The maximum Gasteiger partial charge on any atom is 0.237 e. The van der Waals surface area contributed by atoms with E-state index in [1.807, 2.05) is 13.8 Å². The van der Waals surface area contributed by atoms with Gasteiger partial charge in [0, 0.05) is 11.2 Å². The predicted molar refractivity (Wildman–Crippen MR) is 53.2 cm³/mol. The third-order valence-corrected chi connectivity index (χ3v) is 3.77. The van der Waals surface area contributed by atoms with Crippen molar-refractivity contribution in [2.24, 2.45) is 11.8 Å². The lowest BCUT2D eigenvalue weighted by molar-refractivity contribution is -0.124. The molecule has 0 aromatic heterocycles. The van der Waals surface area contributed by atoms with Gasteiger partial charge in [-0.05, 0) is 0 Å². The highest BCUT2D eigenvalue weighted by molar-refractivity contribution is 8.00. The summed E-state index contributed by atoms with van der Waals surface area (Å²) >= 11 is 1.80. The van der Waals surface area contributed by atoms with E-state index < -0.39 is 0 Å². The molecule has 0 radical (unpaired) electrons. The predicted octanol–water partition coefficient (Wildman–Crippen LogP) is 0.133. The van der Waals surface area contributed by atoms with Crippen LogP contribution in [0, 0.1) is 5.92 Å². The number of nitrogens with two attached hydrogens (primary N) is 1. The Bertz CT molecular complexity index is 185. The fraction of sp³-hybridized carbons (Fsp3) is 0.875. The lowest BCUT2D eigenvalue weighted by atomic mass is 10.1. The molecule has 0 bridgehead atoms. The number of hydrogen-bond acceptors (Lipinski definition) is 4. The van der Waals surface area contributed by atoms with Crippen LogP contribution in [0.5, 0.6) is 0 Å². The molecular formula is C8H16N2O2S. The molecule has 0 aromatic rings. The van der Waals surface area contributed by atoms with Crippen LogP contribution in [0.2, 0.25) is 0 Å². The van der Waals surface area contributed by atoms with Crippen molar-refractivity contribution in [3.63, 3.8) is 0 Å². The minimum atomic E-state index is -0.0970. The highest BCUT2D eigenvalue weighted by atomic mass is 32.2. The van der Waals surface area contributed by atoms with Crippen LogP contribution in [0.4, 0.5) is 0 Å². The van der Waals surface area contributed by atoms with Gasteiger partial charge in [0.1, 0.15) is 0 Å². The molecule has 1 aliphatic rings. The first kappa shape index (κ1) is 10.8. The van der Waals surface area contributed by atoms with Crippen LogP contribution in [-0.4, -0.2) is 29.6 Å². The lowest BCUT2D eigenvalue weighted by Gasteiger charge is -2.29. The normalized spacial score (nSPS) is 21.8. The number of carbonyl (C=O) groups excluding carboxylic acids is 1.